The highest BCUT2D eigenvalue weighted by Crippen LogP contribution is 2.17. The summed E-state index contributed by atoms with van der Waals surface area (Å²) < 4.78 is 28.0. The molecular weight excluding hydrogens is 356 g/mol. The molecule has 0 aromatic heterocycles. The summed E-state index contributed by atoms with van der Waals surface area (Å²) in [5, 5.41) is 0. The van der Waals surface area contributed by atoms with Gasteiger partial charge in [-0.25, -0.2) is 8.42 Å². The van der Waals surface area contributed by atoms with Crippen molar-refractivity contribution in [2.75, 3.05) is 45.0 Å². The van der Waals surface area contributed by atoms with Crippen molar-refractivity contribution in [3.05, 3.63) is 0 Å². The standard InChI is InChI=1S/C22H47N2O2S/c1-4-7-8-9-10-11-12-13-14-15-16-17-22-27(25,26)23-18-20-24(5-2,6-3)21-19-23/h4-22H2,1-3H3/q+1. The van der Waals surface area contributed by atoms with Crippen LogP contribution in [-0.4, -0.2) is 62.2 Å². The third kappa shape index (κ3) is 9.76. The highest BCUT2D eigenvalue weighted by molar-refractivity contribution is 7.89. The summed E-state index contributed by atoms with van der Waals surface area (Å²) >= 11 is 0. The van der Waals surface area contributed by atoms with Gasteiger partial charge in [0, 0.05) is 0 Å². The first-order valence-corrected chi connectivity index (χ1v) is 13.4. The highest BCUT2D eigenvalue weighted by Gasteiger charge is 2.34. The van der Waals surface area contributed by atoms with Crippen molar-refractivity contribution in [1.29, 1.82) is 0 Å². The normalized spacial score (nSPS) is 18.0. The Kier molecular flexibility index (Phi) is 12.9. The first-order valence-electron chi connectivity index (χ1n) is 11.8. The van der Waals surface area contributed by atoms with Crippen LogP contribution in [0.4, 0.5) is 0 Å². The van der Waals surface area contributed by atoms with Gasteiger partial charge in [0.25, 0.3) is 0 Å². The minimum Gasteiger partial charge on any atom is -0.322 e. The van der Waals surface area contributed by atoms with E-state index in [2.05, 4.69) is 20.8 Å². The quantitative estimate of drug-likeness (QED) is 0.263. The summed E-state index contributed by atoms with van der Waals surface area (Å²) in [6.45, 7) is 12.3. The average Bonchev–Trinajstić information content (AvgIpc) is 2.68. The summed E-state index contributed by atoms with van der Waals surface area (Å²) in [5.41, 5.74) is 0. The molecule has 1 rings (SSSR count). The minimum atomic E-state index is -3.04. The molecular formula is C22H47N2O2S+. The van der Waals surface area contributed by atoms with E-state index in [-0.39, 0.29) is 0 Å². The van der Waals surface area contributed by atoms with Crippen LogP contribution in [0.2, 0.25) is 0 Å². The van der Waals surface area contributed by atoms with Crippen molar-refractivity contribution >= 4 is 10.0 Å². The Morgan fingerprint density at radius 3 is 1.48 bits per heavy atom. The van der Waals surface area contributed by atoms with E-state index in [1.54, 1.807) is 4.31 Å². The van der Waals surface area contributed by atoms with E-state index in [1.807, 2.05) is 0 Å². The first kappa shape index (κ1) is 24.9. The van der Waals surface area contributed by atoms with Crippen LogP contribution in [0.5, 0.6) is 0 Å². The van der Waals surface area contributed by atoms with Gasteiger partial charge in [0.15, 0.2) is 0 Å². The maximum atomic E-state index is 12.6. The number of rotatable bonds is 16. The summed E-state index contributed by atoms with van der Waals surface area (Å²) in [4.78, 5) is 0. The van der Waals surface area contributed by atoms with Crippen molar-refractivity contribution in [1.82, 2.24) is 4.31 Å². The van der Waals surface area contributed by atoms with Crippen molar-refractivity contribution in [3.63, 3.8) is 0 Å². The van der Waals surface area contributed by atoms with Gasteiger partial charge in [0.1, 0.15) is 0 Å². The molecule has 5 heteroatoms. The molecule has 0 aromatic rings. The average molecular weight is 404 g/mol. The molecule has 0 radical (unpaired) electrons. The Labute approximate surface area is 170 Å². The lowest BCUT2D eigenvalue weighted by Gasteiger charge is -2.43. The zero-order valence-corrected chi connectivity index (χ0v) is 19.4. The van der Waals surface area contributed by atoms with Gasteiger partial charge in [-0.3, -0.25) is 0 Å². The third-order valence-electron chi connectivity index (χ3n) is 6.64. The lowest BCUT2D eigenvalue weighted by atomic mass is 10.1. The summed E-state index contributed by atoms with van der Waals surface area (Å²) in [6, 6.07) is 0. The second-order valence-electron chi connectivity index (χ2n) is 8.53. The van der Waals surface area contributed by atoms with Crippen molar-refractivity contribution in [3.8, 4) is 0 Å². The van der Waals surface area contributed by atoms with E-state index in [1.165, 1.54) is 64.2 Å². The molecule has 0 bridgehead atoms. The Morgan fingerprint density at radius 2 is 1.07 bits per heavy atom. The van der Waals surface area contributed by atoms with Crippen molar-refractivity contribution in [2.45, 2.75) is 97.8 Å². The molecule has 27 heavy (non-hydrogen) atoms. The fourth-order valence-electron chi connectivity index (χ4n) is 4.26. The van der Waals surface area contributed by atoms with E-state index < -0.39 is 10.0 Å². The lowest BCUT2D eigenvalue weighted by molar-refractivity contribution is -0.928. The largest absolute Gasteiger partial charge is 0.322 e. The van der Waals surface area contributed by atoms with Gasteiger partial charge < -0.3 is 4.48 Å². The van der Waals surface area contributed by atoms with Gasteiger partial charge in [-0.05, 0) is 20.3 Å². The molecule has 0 amide bonds. The number of quaternary nitrogens is 1. The van der Waals surface area contributed by atoms with Gasteiger partial charge in [0.2, 0.25) is 10.0 Å². The summed E-state index contributed by atoms with van der Waals surface area (Å²) in [5.74, 6) is 0.350. The summed E-state index contributed by atoms with van der Waals surface area (Å²) in [6.07, 6.45) is 15.3. The van der Waals surface area contributed by atoms with Crippen molar-refractivity contribution in [2.24, 2.45) is 0 Å². The van der Waals surface area contributed by atoms with Gasteiger partial charge in [0.05, 0.1) is 45.0 Å². The molecule has 0 unspecified atom stereocenters. The monoisotopic (exact) mass is 403 g/mol. The predicted octanol–water partition coefficient (Wildman–Crippen LogP) is 5.19. The van der Waals surface area contributed by atoms with Crippen LogP contribution in [0, 0.1) is 0 Å². The van der Waals surface area contributed by atoms with Crippen LogP contribution in [-0.2, 0) is 10.0 Å². The van der Waals surface area contributed by atoms with Crippen LogP contribution in [0.1, 0.15) is 97.8 Å². The number of nitrogens with zero attached hydrogens (tertiary/aromatic N) is 2. The molecule has 0 saturated carbocycles. The number of likely N-dealkylation sites (N-methyl/N-ethyl adjacent to an activating group) is 1. The Morgan fingerprint density at radius 1 is 0.667 bits per heavy atom. The lowest BCUT2D eigenvalue weighted by Crippen LogP contribution is -2.60. The molecule has 0 atom stereocenters. The zero-order valence-electron chi connectivity index (χ0n) is 18.6. The number of piperazine rings is 1. The molecule has 1 fully saturated rings. The van der Waals surface area contributed by atoms with Gasteiger partial charge in [-0.2, -0.15) is 4.31 Å². The van der Waals surface area contributed by atoms with E-state index in [0.717, 1.165) is 43.5 Å². The Bertz CT molecular complexity index is 451. The molecule has 0 aliphatic carbocycles. The molecule has 1 aliphatic rings. The van der Waals surface area contributed by atoms with Gasteiger partial charge >= 0.3 is 0 Å². The van der Waals surface area contributed by atoms with E-state index in [9.17, 15) is 8.42 Å². The Hall–Kier alpha value is -0.130. The molecule has 162 valence electrons. The number of hydrogen-bond donors (Lipinski definition) is 0. The minimum absolute atomic E-state index is 0.350. The highest BCUT2D eigenvalue weighted by atomic mass is 32.2. The van der Waals surface area contributed by atoms with Crippen LogP contribution in [0.15, 0.2) is 0 Å². The SMILES string of the molecule is CCCCCCCCCCCCCCS(=O)(=O)N1CC[N+](CC)(CC)CC1. The van der Waals surface area contributed by atoms with Gasteiger partial charge in [-0.1, -0.05) is 77.6 Å². The zero-order chi connectivity index (χ0) is 20.0. The van der Waals surface area contributed by atoms with Crippen molar-refractivity contribution < 1.29 is 12.9 Å². The van der Waals surface area contributed by atoms with Crippen LogP contribution >= 0.6 is 0 Å². The van der Waals surface area contributed by atoms with E-state index >= 15 is 0 Å². The van der Waals surface area contributed by atoms with Crippen LogP contribution in [0.25, 0.3) is 0 Å². The van der Waals surface area contributed by atoms with Gasteiger partial charge in [-0.15, -0.1) is 0 Å². The fourth-order valence-corrected chi connectivity index (χ4v) is 5.81. The van der Waals surface area contributed by atoms with Crippen LogP contribution in [0.3, 0.4) is 0 Å². The number of hydrogen-bond acceptors (Lipinski definition) is 2. The number of sulfonamides is 1. The van der Waals surface area contributed by atoms with Crippen LogP contribution < -0.4 is 0 Å². The smallest absolute Gasteiger partial charge is 0.214 e. The Balaban J connectivity index is 2.04. The molecule has 1 aliphatic heterocycles. The van der Waals surface area contributed by atoms with E-state index in [0.29, 0.717) is 18.8 Å². The third-order valence-corrected chi connectivity index (χ3v) is 8.59. The fraction of sp³-hybridized carbons (Fsp3) is 1.00. The topological polar surface area (TPSA) is 37.4 Å². The second kappa shape index (κ2) is 13.9. The number of unbranched alkanes of at least 4 members (excludes halogenated alkanes) is 11. The molecule has 0 N–H and O–H groups in total. The molecule has 1 saturated heterocycles. The maximum Gasteiger partial charge on any atom is 0.214 e. The summed E-state index contributed by atoms with van der Waals surface area (Å²) in [7, 11) is -3.04. The first-order chi connectivity index (χ1) is 13.0. The van der Waals surface area contributed by atoms with E-state index in [4.69, 9.17) is 0 Å². The maximum absolute atomic E-state index is 12.6. The second-order valence-corrected chi connectivity index (χ2v) is 10.6. The molecule has 4 nitrogen and oxygen atoms in total. The molecule has 0 spiro atoms. The predicted molar refractivity (Wildman–Crippen MR) is 118 cm³/mol. The molecule has 1 heterocycles. The molecule has 0 aromatic carbocycles.